The Morgan fingerprint density at radius 1 is 1.14 bits per heavy atom. The maximum Gasteiger partial charge on any atom is 0.253 e. The van der Waals surface area contributed by atoms with Crippen molar-refractivity contribution >= 4 is 5.91 Å². The molecule has 2 aromatic heterocycles. The number of rotatable bonds is 8. The molecule has 0 spiro atoms. The molecule has 1 aromatic carbocycles. The molecule has 0 fully saturated rings. The van der Waals surface area contributed by atoms with Crippen LogP contribution >= 0.6 is 0 Å². The second-order valence-electron chi connectivity index (χ2n) is 7.26. The summed E-state index contributed by atoms with van der Waals surface area (Å²) in [6, 6.07) is 13.8. The van der Waals surface area contributed by atoms with Crippen molar-refractivity contribution in [3.8, 4) is 0 Å². The number of amides is 1. The summed E-state index contributed by atoms with van der Waals surface area (Å²) in [6.45, 7) is 9.64. The Labute approximate surface area is 166 Å². The van der Waals surface area contributed by atoms with Crippen LogP contribution in [0.25, 0.3) is 0 Å². The Balaban J connectivity index is 1.69. The molecule has 28 heavy (non-hydrogen) atoms. The van der Waals surface area contributed by atoms with E-state index in [4.69, 9.17) is 9.15 Å². The lowest BCUT2D eigenvalue weighted by Crippen LogP contribution is -2.24. The van der Waals surface area contributed by atoms with Gasteiger partial charge in [0.05, 0.1) is 31.1 Å². The fourth-order valence-electron chi connectivity index (χ4n) is 3.23. The molecular formula is C23H28N2O3. The number of hydrogen-bond acceptors (Lipinski definition) is 3. The van der Waals surface area contributed by atoms with Crippen LogP contribution in [-0.2, 0) is 24.4 Å². The van der Waals surface area contributed by atoms with Crippen LogP contribution < -0.4 is 5.32 Å². The van der Waals surface area contributed by atoms with Crippen molar-refractivity contribution in [2.75, 3.05) is 0 Å². The van der Waals surface area contributed by atoms with Crippen molar-refractivity contribution in [1.82, 2.24) is 9.88 Å². The summed E-state index contributed by atoms with van der Waals surface area (Å²) < 4.78 is 13.3. The minimum Gasteiger partial charge on any atom is -0.467 e. The molecule has 0 bridgehead atoms. The highest BCUT2D eigenvalue weighted by molar-refractivity contribution is 5.95. The number of ether oxygens (including phenoxy) is 1. The second-order valence-corrected chi connectivity index (χ2v) is 7.26. The highest BCUT2D eigenvalue weighted by Crippen LogP contribution is 2.18. The standard InChI is InChI=1S/C23H28N2O3/c1-16(2)28-15-20-9-6-5-8-19(20)13-24-23(26)22-12-17(3)25(18(22)4)14-21-10-7-11-27-21/h5-12,16H,13-15H2,1-4H3,(H,24,26). The fraction of sp³-hybridized carbons (Fsp3) is 0.348. The predicted molar refractivity (Wildman–Crippen MR) is 109 cm³/mol. The molecule has 5 heteroatoms. The van der Waals surface area contributed by atoms with E-state index in [1.807, 2.05) is 70.2 Å². The Bertz CT molecular complexity index is 923. The molecule has 0 radical (unpaired) electrons. The van der Waals surface area contributed by atoms with E-state index in [-0.39, 0.29) is 12.0 Å². The summed E-state index contributed by atoms with van der Waals surface area (Å²) >= 11 is 0. The number of carbonyl (C=O) groups is 1. The molecule has 5 nitrogen and oxygen atoms in total. The molecule has 0 aliphatic carbocycles. The smallest absolute Gasteiger partial charge is 0.253 e. The molecule has 0 atom stereocenters. The normalized spacial score (nSPS) is 11.2. The van der Waals surface area contributed by atoms with E-state index < -0.39 is 0 Å². The molecule has 3 aromatic rings. The average Bonchev–Trinajstić information content (AvgIpc) is 3.29. The summed E-state index contributed by atoms with van der Waals surface area (Å²) in [5, 5.41) is 3.05. The van der Waals surface area contributed by atoms with Crippen molar-refractivity contribution < 1.29 is 13.9 Å². The summed E-state index contributed by atoms with van der Waals surface area (Å²) in [4.78, 5) is 12.8. The zero-order valence-corrected chi connectivity index (χ0v) is 17.0. The van der Waals surface area contributed by atoms with Gasteiger partial charge in [0.15, 0.2) is 0 Å². The molecule has 0 saturated heterocycles. The van der Waals surface area contributed by atoms with Gasteiger partial charge in [0.25, 0.3) is 5.91 Å². The first kappa shape index (κ1) is 20.0. The van der Waals surface area contributed by atoms with Gasteiger partial charge in [0.1, 0.15) is 5.76 Å². The SMILES string of the molecule is Cc1cc(C(=O)NCc2ccccc2COC(C)C)c(C)n1Cc1ccco1. The number of benzene rings is 1. The lowest BCUT2D eigenvalue weighted by molar-refractivity contribution is 0.0651. The maximum absolute atomic E-state index is 12.8. The molecular weight excluding hydrogens is 352 g/mol. The first-order valence-corrected chi connectivity index (χ1v) is 9.61. The van der Waals surface area contributed by atoms with Crippen molar-refractivity contribution in [3.63, 3.8) is 0 Å². The molecule has 0 aliphatic heterocycles. The quantitative estimate of drug-likeness (QED) is 0.621. The van der Waals surface area contributed by atoms with Crippen molar-refractivity contribution in [2.45, 2.75) is 53.5 Å². The van der Waals surface area contributed by atoms with Gasteiger partial charge >= 0.3 is 0 Å². The van der Waals surface area contributed by atoms with Crippen molar-refractivity contribution in [1.29, 1.82) is 0 Å². The van der Waals surface area contributed by atoms with Gasteiger partial charge in [-0.2, -0.15) is 0 Å². The van der Waals surface area contributed by atoms with E-state index in [9.17, 15) is 4.79 Å². The summed E-state index contributed by atoms with van der Waals surface area (Å²) in [7, 11) is 0. The van der Waals surface area contributed by atoms with E-state index in [0.717, 1.165) is 28.3 Å². The highest BCUT2D eigenvalue weighted by atomic mass is 16.5. The number of aromatic nitrogens is 1. The average molecular weight is 380 g/mol. The van der Waals surface area contributed by atoms with Crippen LogP contribution in [0.5, 0.6) is 0 Å². The lowest BCUT2D eigenvalue weighted by atomic mass is 10.1. The molecule has 3 rings (SSSR count). The molecule has 2 heterocycles. The number of hydrogen-bond donors (Lipinski definition) is 1. The summed E-state index contributed by atoms with van der Waals surface area (Å²) in [5.74, 6) is 0.797. The van der Waals surface area contributed by atoms with Crippen molar-refractivity contribution in [3.05, 3.63) is 82.6 Å². The van der Waals surface area contributed by atoms with Gasteiger partial charge in [-0.05, 0) is 57.0 Å². The third-order valence-corrected chi connectivity index (χ3v) is 4.84. The van der Waals surface area contributed by atoms with Crippen LogP contribution in [0.15, 0.2) is 53.1 Å². The zero-order valence-electron chi connectivity index (χ0n) is 17.0. The minimum atomic E-state index is -0.0709. The van der Waals surface area contributed by atoms with Crippen LogP contribution in [0.3, 0.4) is 0 Å². The molecule has 0 saturated carbocycles. The third kappa shape index (κ3) is 4.73. The number of aryl methyl sites for hydroxylation is 1. The van der Waals surface area contributed by atoms with Crippen LogP contribution in [0.2, 0.25) is 0 Å². The van der Waals surface area contributed by atoms with E-state index in [1.54, 1.807) is 6.26 Å². The molecule has 1 amide bonds. The fourth-order valence-corrected chi connectivity index (χ4v) is 3.23. The van der Waals surface area contributed by atoms with Crippen LogP contribution in [0, 0.1) is 13.8 Å². The zero-order chi connectivity index (χ0) is 20.1. The topological polar surface area (TPSA) is 56.4 Å². The molecule has 0 aliphatic rings. The van der Waals surface area contributed by atoms with Crippen molar-refractivity contribution in [2.24, 2.45) is 0 Å². The number of nitrogens with one attached hydrogen (secondary N) is 1. The van der Waals surface area contributed by atoms with Crippen LogP contribution in [0.1, 0.15) is 52.5 Å². The Morgan fingerprint density at radius 3 is 2.57 bits per heavy atom. The second kappa shape index (κ2) is 8.93. The van der Waals surface area contributed by atoms with Gasteiger partial charge in [0, 0.05) is 17.9 Å². The van der Waals surface area contributed by atoms with Gasteiger partial charge in [0.2, 0.25) is 0 Å². The van der Waals surface area contributed by atoms with Gasteiger partial charge < -0.3 is 19.0 Å². The van der Waals surface area contributed by atoms with Gasteiger partial charge in [-0.1, -0.05) is 24.3 Å². The number of furan rings is 1. The van der Waals surface area contributed by atoms with E-state index in [2.05, 4.69) is 9.88 Å². The summed E-state index contributed by atoms with van der Waals surface area (Å²) in [5.41, 5.74) is 4.83. The lowest BCUT2D eigenvalue weighted by Gasteiger charge is -2.13. The maximum atomic E-state index is 12.8. The molecule has 1 N–H and O–H groups in total. The molecule has 148 valence electrons. The first-order valence-electron chi connectivity index (χ1n) is 9.61. The number of carbonyl (C=O) groups excluding carboxylic acids is 1. The molecule has 0 unspecified atom stereocenters. The summed E-state index contributed by atoms with van der Waals surface area (Å²) in [6.07, 6.45) is 1.83. The monoisotopic (exact) mass is 380 g/mol. The van der Waals surface area contributed by atoms with Gasteiger partial charge in [-0.3, -0.25) is 4.79 Å². The van der Waals surface area contributed by atoms with E-state index >= 15 is 0 Å². The van der Waals surface area contributed by atoms with E-state index in [0.29, 0.717) is 25.3 Å². The minimum absolute atomic E-state index is 0.0709. The van der Waals surface area contributed by atoms with Gasteiger partial charge in [-0.25, -0.2) is 0 Å². The third-order valence-electron chi connectivity index (χ3n) is 4.84. The largest absolute Gasteiger partial charge is 0.467 e. The Hall–Kier alpha value is -2.79. The van der Waals surface area contributed by atoms with Crippen LogP contribution in [0.4, 0.5) is 0 Å². The first-order chi connectivity index (χ1) is 13.5. The number of nitrogens with zero attached hydrogens (tertiary/aromatic N) is 1. The van der Waals surface area contributed by atoms with E-state index in [1.165, 1.54) is 0 Å². The van der Waals surface area contributed by atoms with Gasteiger partial charge in [-0.15, -0.1) is 0 Å². The predicted octanol–water partition coefficient (Wildman–Crippen LogP) is 4.60. The highest BCUT2D eigenvalue weighted by Gasteiger charge is 2.16. The Morgan fingerprint density at radius 2 is 1.89 bits per heavy atom. The Kier molecular flexibility index (Phi) is 6.37. The van der Waals surface area contributed by atoms with Crippen LogP contribution in [-0.4, -0.2) is 16.6 Å².